The molecule has 22 heavy (non-hydrogen) atoms. The predicted octanol–water partition coefficient (Wildman–Crippen LogP) is 4.09. The molecule has 1 aliphatic carbocycles. The fourth-order valence-electron chi connectivity index (χ4n) is 2.65. The smallest absolute Gasteiger partial charge is 0.162 e. The van der Waals surface area contributed by atoms with Gasteiger partial charge in [0.05, 0.1) is 25.5 Å². The average molecular weight is 312 g/mol. The molecule has 2 aromatic rings. The maximum atomic E-state index is 9.37. The van der Waals surface area contributed by atoms with E-state index in [2.05, 4.69) is 17.5 Å². The molecule has 0 aliphatic heterocycles. The van der Waals surface area contributed by atoms with Crippen LogP contribution in [-0.4, -0.2) is 19.9 Å². The Morgan fingerprint density at radius 1 is 1.18 bits per heavy atom. The number of rotatable bonds is 3. The summed E-state index contributed by atoms with van der Waals surface area (Å²) in [5.41, 5.74) is 3.39. The van der Waals surface area contributed by atoms with Crippen molar-refractivity contribution >= 4 is 22.7 Å². The summed E-state index contributed by atoms with van der Waals surface area (Å²) in [6.07, 6.45) is 3.15. The Hall–Kier alpha value is -2.32. The predicted molar refractivity (Wildman–Crippen MR) is 87.7 cm³/mol. The van der Waals surface area contributed by atoms with E-state index >= 15 is 0 Å². The molecule has 1 aromatic carbocycles. The molecule has 4 nitrogen and oxygen atoms in total. The molecule has 0 amide bonds. The zero-order valence-electron chi connectivity index (χ0n) is 12.5. The van der Waals surface area contributed by atoms with Crippen LogP contribution >= 0.6 is 11.3 Å². The summed E-state index contributed by atoms with van der Waals surface area (Å²) in [6.45, 7) is 0. The molecule has 0 bridgehead atoms. The van der Waals surface area contributed by atoms with Gasteiger partial charge >= 0.3 is 0 Å². The number of hydrogen-bond acceptors (Lipinski definition) is 5. The van der Waals surface area contributed by atoms with Crippen molar-refractivity contribution in [2.75, 3.05) is 14.2 Å². The van der Waals surface area contributed by atoms with Gasteiger partial charge in [0.1, 0.15) is 6.07 Å². The number of nitrogens with zero attached hydrogens (tertiary/aromatic N) is 2. The number of nitriles is 1. The minimum atomic E-state index is 0.493. The van der Waals surface area contributed by atoms with Crippen molar-refractivity contribution < 1.29 is 9.47 Å². The number of hydrogen-bond donors (Lipinski definition) is 0. The van der Waals surface area contributed by atoms with Crippen LogP contribution in [0.5, 0.6) is 11.5 Å². The number of aliphatic imine (C=N–C) groups is 1. The molecular formula is C17H16N2O2S. The quantitative estimate of drug-likeness (QED) is 0.857. The van der Waals surface area contributed by atoms with Crippen LogP contribution in [0.1, 0.15) is 28.8 Å². The van der Waals surface area contributed by atoms with Crippen LogP contribution in [0.2, 0.25) is 0 Å². The molecule has 1 aromatic heterocycles. The zero-order chi connectivity index (χ0) is 15.5. The van der Waals surface area contributed by atoms with Crippen LogP contribution in [0.25, 0.3) is 0 Å². The highest BCUT2D eigenvalue weighted by molar-refractivity contribution is 7.10. The van der Waals surface area contributed by atoms with E-state index < -0.39 is 0 Å². The summed E-state index contributed by atoms with van der Waals surface area (Å²) < 4.78 is 10.6. The molecule has 1 aliphatic rings. The van der Waals surface area contributed by atoms with Gasteiger partial charge in [0, 0.05) is 28.3 Å². The Bertz CT molecular complexity index is 771. The minimum absolute atomic E-state index is 0.493. The number of aryl methyl sites for hydroxylation is 1. The maximum absolute atomic E-state index is 9.37. The first-order valence-corrected chi connectivity index (χ1v) is 7.95. The van der Waals surface area contributed by atoms with Gasteiger partial charge in [-0.2, -0.15) is 5.26 Å². The Morgan fingerprint density at radius 3 is 2.68 bits per heavy atom. The average Bonchev–Trinajstić information content (AvgIpc) is 3.04. The van der Waals surface area contributed by atoms with E-state index in [1.54, 1.807) is 37.7 Å². The van der Waals surface area contributed by atoms with Gasteiger partial charge in [-0.15, -0.1) is 11.3 Å². The second-order valence-corrected chi connectivity index (χ2v) is 6.01. The molecule has 0 fully saturated rings. The van der Waals surface area contributed by atoms with Gasteiger partial charge in [0.15, 0.2) is 11.5 Å². The van der Waals surface area contributed by atoms with Gasteiger partial charge in [-0.05, 0) is 30.7 Å². The molecule has 0 atom stereocenters. The summed E-state index contributed by atoms with van der Waals surface area (Å²) in [4.78, 5) is 6.13. The van der Waals surface area contributed by atoms with Gasteiger partial charge in [-0.1, -0.05) is 0 Å². The topological polar surface area (TPSA) is 54.6 Å². The summed E-state index contributed by atoms with van der Waals surface area (Å²) in [5, 5.41) is 11.5. The van der Waals surface area contributed by atoms with Crippen molar-refractivity contribution in [1.82, 2.24) is 0 Å². The van der Waals surface area contributed by atoms with Gasteiger partial charge in [0.2, 0.25) is 0 Å². The third kappa shape index (κ3) is 2.58. The first kappa shape index (κ1) is 14.6. The van der Waals surface area contributed by atoms with Crippen molar-refractivity contribution in [3.63, 3.8) is 0 Å². The van der Waals surface area contributed by atoms with Gasteiger partial charge in [0.25, 0.3) is 0 Å². The molecular weight excluding hydrogens is 296 g/mol. The second kappa shape index (κ2) is 6.20. The summed E-state index contributed by atoms with van der Waals surface area (Å²) in [7, 11) is 3.14. The summed E-state index contributed by atoms with van der Waals surface area (Å²) >= 11 is 1.77. The lowest BCUT2D eigenvalue weighted by atomic mass is 9.97. The van der Waals surface area contributed by atoms with E-state index in [1.165, 1.54) is 10.4 Å². The van der Waals surface area contributed by atoms with Crippen molar-refractivity contribution in [2.24, 2.45) is 4.99 Å². The van der Waals surface area contributed by atoms with Crippen molar-refractivity contribution in [2.45, 2.75) is 19.3 Å². The van der Waals surface area contributed by atoms with E-state index in [9.17, 15) is 5.26 Å². The van der Waals surface area contributed by atoms with Crippen LogP contribution in [0.3, 0.4) is 0 Å². The fourth-order valence-corrected chi connectivity index (χ4v) is 3.60. The van der Waals surface area contributed by atoms with Crippen molar-refractivity contribution in [3.05, 3.63) is 39.6 Å². The van der Waals surface area contributed by atoms with Gasteiger partial charge in [-0.3, -0.25) is 4.99 Å². The molecule has 0 unspecified atom stereocenters. The highest BCUT2D eigenvalue weighted by Gasteiger charge is 2.18. The molecule has 0 saturated heterocycles. The molecule has 112 valence electrons. The number of thiophene rings is 1. The van der Waals surface area contributed by atoms with Crippen molar-refractivity contribution in [3.8, 4) is 17.6 Å². The molecule has 0 saturated carbocycles. The number of fused-ring (bicyclic) bond motifs is 1. The lowest BCUT2D eigenvalue weighted by Gasteiger charge is -2.15. The monoisotopic (exact) mass is 312 g/mol. The maximum Gasteiger partial charge on any atom is 0.162 e. The molecule has 0 N–H and O–H groups in total. The van der Waals surface area contributed by atoms with Crippen LogP contribution in [0, 0.1) is 11.3 Å². The second-order valence-electron chi connectivity index (χ2n) is 5.01. The van der Waals surface area contributed by atoms with E-state index in [0.717, 1.165) is 25.0 Å². The van der Waals surface area contributed by atoms with Crippen LogP contribution < -0.4 is 9.47 Å². The van der Waals surface area contributed by atoms with E-state index in [1.807, 2.05) is 0 Å². The highest BCUT2D eigenvalue weighted by atomic mass is 32.1. The normalized spacial score (nSPS) is 15.2. The number of ether oxygens (including phenoxy) is 2. The molecule has 0 radical (unpaired) electrons. The molecule has 3 rings (SSSR count). The SMILES string of the molecule is COc1cc(C#N)c(N=C2CCCc3sccc32)cc1OC. The Balaban J connectivity index is 2.10. The van der Waals surface area contributed by atoms with E-state index in [4.69, 9.17) is 14.5 Å². The number of methoxy groups -OCH3 is 2. The third-order valence-corrected chi connectivity index (χ3v) is 4.73. The summed E-state index contributed by atoms with van der Waals surface area (Å²) in [6, 6.07) is 7.75. The standard InChI is InChI=1S/C17H16N2O2S/c1-20-15-8-11(10-18)14(9-16(15)21-2)19-13-4-3-5-17-12(13)6-7-22-17/h6-9H,3-5H2,1-2H3. The first-order valence-electron chi connectivity index (χ1n) is 7.07. The highest BCUT2D eigenvalue weighted by Crippen LogP contribution is 2.36. The van der Waals surface area contributed by atoms with Gasteiger partial charge < -0.3 is 9.47 Å². The molecule has 5 heteroatoms. The fraction of sp³-hybridized carbons (Fsp3) is 0.294. The van der Waals surface area contributed by atoms with E-state index in [0.29, 0.717) is 22.7 Å². The Morgan fingerprint density at radius 2 is 1.95 bits per heavy atom. The lowest BCUT2D eigenvalue weighted by Crippen LogP contribution is -2.08. The van der Waals surface area contributed by atoms with Crippen LogP contribution in [0.15, 0.2) is 28.6 Å². The third-order valence-electron chi connectivity index (χ3n) is 3.75. The van der Waals surface area contributed by atoms with Crippen LogP contribution in [-0.2, 0) is 6.42 Å². The van der Waals surface area contributed by atoms with Gasteiger partial charge in [-0.25, -0.2) is 0 Å². The summed E-state index contributed by atoms with van der Waals surface area (Å²) in [5.74, 6) is 1.13. The van der Waals surface area contributed by atoms with Crippen molar-refractivity contribution in [1.29, 1.82) is 5.26 Å². The van der Waals surface area contributed by atoms with Crippen LogP contribution in [0.4, 0.5) is 5.69 Å². The Labute approximate surface area is 133 Å². The molecule has 0 spiro atoms. The Kier molecular flexibility index (Phi) is 4.12. The minimum Gasteiger partial charge on any atom is -0.493 e. The lowest BCUT2D eigenvalue weighted by molar-refractivity contribution is 0.355. The zero-order valence-corrected chi connectivity index (χ0v) is 13.4. The largest absolute Gasteiger partial charge is 0.493 e. The van der Waals surface area contributed by atoms with E-state index in [-0.39, 0.29) is 0 Å². The number of benzene rings is 1. The molecule has 1 heterocycles. The first-order chi connectivity index (χ1) is 10.8.